The summed E-state index contributed by atoms with van der Waals surface area (Å²) < 4.78 is 7.53. The number of aryl methyl sites for hydroxylation is 2. The van der Waals surface area contributed by atoms with Crippen molar-refractivity contribution in [3.05, 3.63) is 82.2 Å². The van der Waals surface area contributed by atoms with E-state index in [1.54, 1.807) is 6.07 Å². The number of carbonyl (C=O) groups excluding carboxylic acids is 1. The summed E-state index contributed by atoms with van der Waals surface area (Å²) in [6.07, 6.45) is 2.06. The second-order valence-electron chi connectivity index (χ2n) is 8.54. The Labute approximate surface area is 191 Å². The predicted octanol–water partition coefficient (Wildman–Crippen LogP) is 4.52. The topological polar surface area (TPSA) is 93.5 Å². The van der Waals surface area contributed by atoms with Gasteiger partial charge in [0.15, 0.2) is 12.4 Å². The zero-order valence-electron chi connectivity index (χ0n) is 18.6. The second-order valence-corrected chi connectivity index (χ2v) is 8.54. The molecule has 1 atom stereocenters. The number of nitrogens with one attached hydrogen (secondary N) is 1. The van der Waals surface area contributed by atoms with Crippen LogP contribution in [0, 0.1) is 13.8 Å². The Morgan fingerprint density at radius 2 is 1.91 bits per heavy atom. The molecule has 0 unspecified atom stereocenters. The first-order chi connectivity index (χ1) is 15.9. The van der Waals surface area contributed by atoms with Crippen molar-refractivity contribution in [3.8, 4) is 11.4 Å². The Balaban J connectivity index is 1.71. The highest BCUT2D eigenvalue weighted by atomic mass is 16.5. The first kappa shape index (κ1) is 21.0. The number of ether oxygens (including phenoxy) is 1. The van der Waals surface area contributed by atoms with Crippen molar-refractivity contribution in [2.24, 2.45) is 0 Å². The number of carboxylic acids is 1. The van der Waals surface area contributed by atoms with Crippen molar-refractivity contribution in [3.63, 3.8) is 0 Å². The highest BCUT2D eigenvalue weighted by Crippen LogP contribution is 2.49. The van der Waals surface area contributed by atoms with E-state index in [2.05, 4.69) is 5.32 Å². The zero-order valence-corrected chi connectivity index (χ0v) is 18.6. The van der Waals surface area contributed by atoms with Gasteiger partial charge in [0.2, 0.25) is 0 Å². The summed E-state index contributed by atoms with van der Waals surface area (Å²) in [5.74, 6) is -0.0238. The van der Waals surface area contributed by atoms with E-state index >= 15 is 0 Å². The number of aromatic nitrogens is 2. The molecule has 33 heavy (non-hydrogen) atoms. The maximum absolute atomic E-state index is 13.2. The van der Waals surface area contributed by atoms with Crippen LogP contribution in [-0.4, -0.2) is 33.2 Å². The molecule has 2 heterocycles. The van der Waals surface area contributed by atoms with Crippen molar-refractivity contribution < 1.29 is 19.4 Å². The number of carbonyl (C=O) groups is 2. The monoisotopic (exact) mass is 443 g/mol. The summed E-state index contributed by atoms with van der Waals surface area (Å²) in [7, 11) is 0. The van der Waals surface area contributed by atoms with Crippen LogP contribution in [0.4, 0.5) is 5.82 Å². The van der Waals surface area contributed by atoms with E-state index < -0.39 is 12.6 Å². The minimum absolute atomic E-state index is 0.106. The number of hydrogen-bond donors (Lipinski definition) is 2. The highest BCUT2D eigenvalue weighted by Gasteiger charge is 2.39. The Morgan fingerprint density at radius 1 is 1.15 bits per heavy atom. The Hall–Kier alpha value is -3.87. The second kappa shape index (κ2) is 8.24. The molecular formula is C26H25N3O4. The van der Waals surface area contributed by atoms with Crippen LogP contribution in [0.2, 0.25) is 0 Å². The van der Waals surface area contributed by atoms with E-state index in [0.29, 0.717) is 12.2 Å². The highest BCUT2D eigenvalue weighted by molar-refractivity contribution is 6.01. The fourth-order valence-corrected chi connectivity index (χ4v) is 4.79. The van der Waals surface area contributed by atoms with Crippen LogP contribution in [0.25, 0.3) is 5.69 Å². The summed E-state index contributed by atoms with van der Waals surface area (Å²) in [5.41, 5.74) is 6.22. The normalized spacial score (nSPS) is 17.3. The SMILES string of the molecule is Cc1ccc(-n2nc(C)c3c2NC2=C(C(=O)CCC2)[C@@H]3c2ccccc2OCC(=O)O)cc1. The van der Waals surface area contributed by atoms with Gasteiger partial charge in [0.1, 0.15) is 11.6 Å². The molecule has 5 rings (SSSR count). The lowest BCUT2D eigenvalue weighted by molar-refractivity contribution is -0.139. The maximum atomic E-state index is 13.2. The first-order valence-electron chi connectivity index (χ1n) is 11.1. The van der Waals surface area contributed by atoms with Crippen LogP contribution in [0.3, 0.4) is 0 Å². The largest absolute Gasteiger partial charge is 0.482 e. The van der Waals surface area contributed by atoms with E-state index in [1.807, 2.05) is 61.0 Å². The van der Waals surface area contributed by atoms with Gasteiger partial charge in [0.05, 0.1) is 11.4 Å². The van der Waals surface area contributed by atoms with Gasteiger partial charge in [0, 0.05) is 34.7 Å². The summed E-state index contributed by atoms with van der Waals surface area (Å²) in [6.45, 7) is 3.54. The average Bonchev–Trinajstić information content (AvgIpc) is 3.13. The van der Waals surface area contributed by atoms with Crippen molar-refractivity contribution in [2.75, 3.05) is 11.9 Å². The smallest absolute Gasteiger partial charge is 0.341 e. The summed E-state index contributed by atoms with van der Waals surface area (Å²) in [5, 5.41) is 17.5. The standard InChI is InChI=1S/C26H25N3O4/c1-15-10-12-17(13-11-15)29-26-23(16(2)28-29)24(25-19(27-26)7-5-8-20(25)30)18-6-3-4-9-21(18)33-14-22(31)32/h3-4,6,9-13,24,27H,5,7-8,14H2,1-2H3,(H,31,32)/t24-/m1/s1. The lowest BCUT2D eigenvalue weighted by atomic mass is 9.76. The molecule has 3 aromatic rings. The van der Waals surface area contributed by atoms with E-state index in [-0.39, 0.29) is 11.7 Å². The fraction of sp³-hybridized carbons (Fsp3) is 0.269. The van der Waals surface area contributed by atoms with E-state index in [9.17, 15) is 9.59 Å². The summed E-state index contributed by atoms with van der Waals surface area (Å²) in [6, 6.07) is 15.5. The molecule has 0 bridgehead atoms. The summed E-state index contributed by atoms with van der Waals surface area (Å²) in [4.78, 5) is 24.3. The Morgan fingerprint density at radius 3 is 2.67 bits per heavy atom. The van der Waals surface area contributed by atoms with Gasteiger partial charge < -0.3 is 15.2 Å². The number of hydrogen-bond acceptors (Lipinski definition) is 5. The molecule has 2 aromatic carbocycles. The minimum atomic E-state index is -1.05. The van der Waals surface area contributed by atoms with Gasteiger partial charge in [-0.15, -0.1) is 0 Å². The van der Waals surface area contributed by atoms with Gasteiger partial charge in [-0.1, -0.05) is 35.9 Å². The molecular weight excluding hydrogens is 418 g/mol. The van der Waals surface area contributed by atoms with Gasteiger partial charge >= 0.3 is 5.97 Å². The third kappa shape index (κ3) is 3.69. The van der Waals surface area contributed by atoms with Crippen LogP contribution < -0.4 is 10.1 Å². The number of rotatable bonds is 5. The van der Waals surface area contributed by atoms with E-state index in [1.165, 1.54) is 0 Å². The third-order valence-electron chi connectivity index (χ3n) is 6.27. The van der Waals surface area contributed by atoms with Gasteiger partial charge in [-0.05, 0) is 44.9 Å². The lowest BCUT2D eigenvalue weighted by Crippen LogP contribution is -2.28. The van der Waals surface area contributed by atoms with Gasteiger partial charge in [-0.3, -0.25) is 4.79 Å². The van der Waals surface area contributed by atoms with Gasteiger partial charge in [-0.2, -0.15) is 5.10 Å². The molecule has 168 valence electrons. The number of nitrogens with zero attached hydrogens (tertiary/aromatic N) is 2. The van der Waals surface area contributed by atoms with Crippen LogP contribution in [0.15, 0.2) is 59.8 Å². The quantitative estimate of drug-likeness (QED) is 0.602. The van der Waals surface area contributed by atoms with Crippen molar-refractivity contribution in [1.29, 1.82) is 0 Å². The Bertz CT molecular complexity index is 1290. The number of carboxylic acid groups (broad SMARTS) is 1. The third-order valence-corrected chi connectivity index (χ3v) is 6.27. The fourth-order valence-electron chi connectivity index (χ4n) is 4.79. The van der Waals surface area contributed by atoms with Crippen molar-refractivity contribution >= 4 is 17.6 Å². The molecule has 1 aliphatic heterocycles. The predicted molar refractivity (Wildman–Crippen MR) is 124 cm³/mol. The zero-order chi connectivity index (χ0) is 23.1. The number of anilines is 1. The maximum Gasteiger partial charge on any atom is 0.341 e. The van der Waals surface area contributed by atoms with Crippen LogP contribution in [-0.2, 0) is 9.59 Å². The molecule has 0 spiro atoms. The summed E-state index contributed by atoms with van der Waals surface area (Å²) >= 11 is 0. The van der Waals surface area contributed by atoms with E-state index in [4.69, 9.17) is 14.9 Å². The molecule has 1 aromatic heterocycles. The van der Waals surface area contributed by atoms with Gasteiger partial charge in [-0.25, -0.2) is 9.48 Å². The lowest BCUT2D eigenvalue weighted by Gasteiger charge is -2.33. The molecule has 0 saturated heterocycles. The molecule has 1 aliphatic carbocycles. The molecule has 2 aliphatic rings. The average molecular weight is 444 g/mol. The number of Topliss-reactive ketones (excluding diaryl/α,β-unsaturated/α-hetero) is 1. The molecule has 0 saturated carbocycles. The minimum Gasteiger partial charge on any atom is -0.482 e. The Kier molecular flexibility index (Phi) is 5.24. The number of fused-ring (bicyclic) bond motifs is 1. The molecule has 7 heteroatoms. The number of aliphatic carboxylic acids is 1. The van der Waals surface area contributed by atoms with E-state index in [0.717, 1.165) is 58.0 Å². The van der Waals surface area contributed by atoms with Gasteiger partial charge in [0.25, 0.3) is 0 Å². The number of para-hydroxylation sites is 1. The molecule has 0 fully saturated rings. The van der Waals surface area contributed by atoms with Crippen LogP contribution in [0.1, 0.15) is 47.6 Å². The van der Waals surface area contributed by atoms with Crippen molar-refractivity contribution in [1.82, 2.24) is 9.78 Å². The number of ketones is 1. The van der Waals surface area contributed by atoms with Crippen LogP contribution >= 0.6 is 0 Å². The molecule has 0 radical (unpaired) electrons. The number of allylic oxidation sites excluding steroid dienone is 2. The molecule has 0 amide bonds. The first-order valence-corrected chi connectivity index (χ1v) is 11.1. The molecule has 2 N–H and O–H groups in total. The molecule has 7 nitrogen and oxygen atoms in total. The van der Waals surface area contributed by atoms with Crippen molar-refractivity contribution in [2.45, 2.75) is 39.0 Å². The number of benzene rings is 2. The van der Waals surface area contributed by atoms with Crippen LogP contribution in [0.5, 0.6) is 5.75 Å².